The first-order valence-electron chi connectivity index (χ1n) is 5.45. The predicted molar refractivity (Wildman–Crippen MR) is 63.7 cm³/mol. The van der Waals surface area contributed by atoms with E-state index in [1.54, 1.807) is 0 Å². The molecule has 1 aromatic carbocycles. The minimum Gasteiger partial charge on any atom is -0.463 e. The van der Waals surface area contributed by atoms with E-state index in [4.69, 9.17) is 0 Å². The summed E-state index contributed by atoms with van der Waals surface area (Å²) in [7, 11) is 1.04. The van der Waals surface area contributed by atoms with Crippen LogP contribution in [0, 0.1) is 5.82 Å². The van der Waals surface area contributed by atoms with Crippen molar-refractivity contribution in [1.82, 2.24) is 0 Å². The molecule has 0 amide bonds. The molecule has 0 heterocycles. The number of rotatable bonds is 4. The molecule has 0 radical (unpaired) electrons. The van der Waals surface area contributed by atoms with Gasteiger partial charge in [0, 0.05) is 0 Å². The lowest BCUT2D eigenvalue weighted by molar-refractivity contribution is -0.151. The molecule has 5 heteroatoms. The van der Waals surface area contributed by atoms with E-state index in [1.165, 1.54) is 18.2 Å². The lowest BCUT2D eigenvalue weighted by Gasteiger charge is -2.00. The predicted octanol–water partition coefficient (Wildman–Crippen LogP) is 2.17. The van der Waals surface area contributed by atoms with Crippen molar-refractivity contribution in [3.8, 4) is 0 Å². The molecule has 0 aliphatic rings. The van der Waals surface area contributed by atoms with E-state index in [0.717, 1.165) is 13.2 Å². The first-order chi connectivity index (χ1) is 8.56. The van der Waals surface area contributed by atoms with Crippen LogP contribution in [0.25, 0.3) is 0 Å². The molecule has 0 N–H and O–H groups in total. The van der Waals surface area contributed by atoms with Gasteiger partial charge in [-0.2, -0.15) is 0 Å². The summed E-state index contributed by atoms with van der Waals surface area (Å²) in [5.74, 6) is -3.56. The summed E-state index contributed by atoms with van der Waals surface area (Å²) in [6, 6.07) is 5.26. The number of methoxy groups -OCH3 is 1. The largest absolute Gasteiger partial charge is 0.463 e. The van der Waals surface area contributed by atoms with Gasteiger partial charge in [-0.25, -0.2) is 9.18 Å². The van der Waals surface area contributed by atoms with Gasteiger partial charge in [-0.1, -0.05) is 26.0 Å². The number of esters is 1. The van der Waals surface area contributed by atoms with Gasteiger partial charge in [0.1, 0.15) is 5.82 Å². The highest BCUT2D eigenvalue weighted by Gasteiger charge is 2.20. The Morgan fingerprint density at radius 3 is 2.22 bits per heavy atom. The summed E-state index contributed by atoms with van der Waals surface area (Å²) in [5, 5.41) is 0. The highest BCUT2D eigenvalue weighted by Crippen LogP contribution is 2.09. The molecule has 18 heavy (non-hydrogen) atoms. The number of carbonyl (C=O) groups excluding carboxylic acids is 3. The number of ether oxygens (including phenoxy) is 1. The van der Waals surface area contributed by atoms with Gasteiger partial charge in [-0.15, -0.1) is 0 Å². The average molecular weight is 254 g/mol. The van der Waals surface area contributed by atoms with Crippen LogP contribution in [0.2, 0.25) is 0 Å². The molecule has 0 spiro atoms. The molecule has 0 aromatic heterocycles. The summed E-state index contributed by atoms with van der Waals surface area (Å²) in [5.41, 5.74) is -0.209. The monoisotopic (exact) mass is 254 g/mol. The van der Waals surface area contributed by atoms with Crippen molar-refractivity contribution in [3.63, 3.8) is 0 Å². The zero-order chi connectivity index (χ0) is 14.1. The first kappa shape index (κ1) is 16.0. The summed E-state index contributed by atoms with van der Waals surface area (Å²) >= 11 is 0. The van der Waals surface area contributed by atoms with Crippen molar-refractivity contribution in [1.29, 1.82) is 0 Å². The van der Waals surface area contributed by atoms with Crippen molar-refractivity contribution < 1.29 is 23.5 Å². The van der Waals surface area contributed by atoms with Crippen LogP contribution in [0.15, 0.2) is 24.3 Å². The fourth-order valence-corrected chi connectivity index (χ4v) is 1.11. The van der Waals surface area contributed by atoms with Crippen LogP contribution in [0.5, 0.6) is 0 Å². The maximum atomic E-state index is 13.1. The highest BCUT2D eigenvalue weighted by atomic mass is 19.1. The number of hydrogen-bond acceptors (Lipinski definition) is 4. The molecule has 0 fully saturated rings. The maximum Gasteiger partial charge on any atom is 0.374 e. The quantitative estimate of drug-likeness (QED) is 0.357. The Hall–Kier alpha value is -2.04. The smallest absolute Gasteiger partial charge is 0.374 e. The molecule has 0 saturated carbocycles. The van der Waals surface area contributed by atoms with E-state index in [-0.39, 0.29) is 5.56 Å². The van der Waals surface area contributed by atoms with Crippen LogP contribution in [0.1, 0.15) is 30.6 Å². The van der Waals surface area contributed by atoms with E-state index >= 15 is 0 Å². The van der Waals surface area contributed by atoms with Crippen molar-refractivity contribution in [2.75, 3.05) is 7.11 Å². The molecule has 98 valence electrons. The van der Waals surface area contributed by atoms with Gasteiger partial charge in [-0.3, -0.25) is 9.59 Å². The maximum absolute atomic E-state index is 13.1. The summed E-state index contributed by atoms with van der Waals surface area (Å²) < 4.78 is 17.3. The van der Waals surface area contributed by atoms with Gasteiger partial charge in [0.2, 0.25) is 5.78 Å². The third-order valence-corrected chi connectivity index (χ3v) is 1.91. The van der Waals surface area contributed by atoms with E-state index in [2.05, 4.69) is 4.74 Å². The van der Waals surface area contributed by atoms with Crippen molar-refractivity contribution in [2.24, 2.45) is 0 Å². The van der Waals surface area contributed by atoms with Crippen LogP contribution in [-0.2, 0) is 14.3 Å². The second-order valence-corrected chi connectivity index (χ2v) is 2.99. The van der Waals surface area contributed by atoms with Crippen molar-refractivity contribution >= 4 is 17.5 Å². The number of hydrogen-bond donors (Lipinski definition) is 0. The van der Waals surface area contributed by atoms with Gasteiger partial charge in [0.05, 0.1) is 19.1 Å². The van der Waals surface area contributed by atoms with Gasteiger partial charge in [0.25, 0.3) is 0 Å². The fourth-order valence-electron chi connectivity index (χ4n) is 1.11. The molecule has 4 nitrogen and oxygen atoms in total. The third kappa shape index (κ3) is 4.45. The van der Waals surface area contributed by atoms with Crippen LogP contribution >= 0.6 is 0 Å². The molecule has 1 rings (SSSR count). The topological polar surface area (TPSA) is 60.4 Å². The first-order valence-corrected chi connectivity index (χ1v) is 5.45. The molecular formula is C13H15FO4. The molecule has 0 bridgehead atoms. The third-order valence-electron chi connectivity index (χ3n) is 1.91. The second kappa shape index (κ2) is 8.11. The Morgan fingerprint density at radius 1 is 1.17 bits per heavy atom. The normalized spacial score (nSPS) is 8.89. The van der Waals surface area contributed by atoms with Crippen LogP contribution < -0.4 is 0 Å². The molecular weight excluding hydrogens is 239 g/mol. The average Bonchev–Trinajstić information content (AvgIpc) is 2.40. The van der Waals surface area contributed by atoms with E-state index < -0.39 is 29.8 Å². The summed E-state index contributed by atoms with van der Waals surface area (Å²) in [6.45, 7) is 4.00. The fraction of sp³-hybridized carbons (Fsp3) is 0.308. The zero-order valence-corrected chi connectivity index (χ0v) is 10.5. The Bertz CT molecular complexity index is 440. The standard InChI is InChI=1S/C11H9FO4.C2H6/c1-16-11(15)10(14)6-9(13)7-4-2-3-5-8(7)12;1-2/h2-5H,6H2,1H3;1-2H3. The number of halogens is 1. The molecule has 1 aromatic rings. The number of benzene rings is 1. The number of ketones is 2. The molecule has 0 unspecified atom stereocenters. The lowest BCUT2D eigenvalue weighted by atomic mass is 10.1. The second-order valence-electron chi connectivity index (χ2n) is 2.99. The lowest BCUT2D eigenvalue weighted by Crippen LogP contribution is -2.19. The van der Waals surface area contributed by atoms with Gasteiger partial charge < -0.3 is 4.74 Å². The minimum atomic E-state index is -1.11. The van der Waals surface area contributed by atoms with E-state index in [0.29, 0.717) is 0 Å². The van der Waals surface area contributed by atoms with E-state index in [9.17, 15) is 18.8 Å². The zero-order valence-electron chi connectivity index (χ0n) is 10.5. The van der Waals surface area contributed by atoms with Crippen molar-refractivity contribution in [3.05, 3.63) is 35.6 Å². The molecule has 0 aliphatic heterocycles. The number of carbonyl (C=O) groups is 3. The van der Waals surface area contributed by atoms with Gasteiger partial charge in [-0.05, 0) is 12.1 Å². The van der Waals surface area contributed by atoms with Crippen LogP contribution in [0.4, 0.5) is 4.39 Å². The Balaban J connectivity index is 0.00000137. The van der Waals surface area contributed by atoms with Gasteiger partial charge in [0.15, 0.2) is 5.78 Å². The Kier molecular flexibility index (Phi) is 7.19. The Morgan fingerprint density at radius 2 is 1.72 bits per heavy atom. The molecule has 0 aliphatic carbocycles. The minimum absolute atomic E-state index is 0.209. The van der Waals surface area contributed by atoms with Crippen molar-refractivity contribution in [2.45, 2.75) is 20.3 Å². The van der Waals surface area contributed by atoms with E-state index in [1.807, 2.05) is 13.8 Å². The SMILES string of the molecule is CC.COC(=O)C(=O)CC(=O)c1ccccc1F. The highest BCUT2D eigenvalue weighted by molar-refractivity contribution is 6.38. The Labute approximate surface area is 105 Å². The molecule has 0 atom stereocenters. The summed E-state index contributed by atoms with van der Waals surface area (Å²) in [4.78, 5) is 33.2. The number of Topliss-reactive ketones (excluding diaryl/α,β-unsaturated/α-hetero) is 2. The van der Waals surface area contributed by atoms with Crippen LogP contribution in [0.3, 0.4) is 0 Å². The van der Waals surface area contributed by atoms with Gasteiger partial charge >= 0.3 is 5.97 Å². The summed E-state index contributed by atoms with van der Waals surface area (Å²) in [6.07, 6.45) is -0.687. The molecule has 0 saturated heterocycles. The van der Waals surface area contributed by atoms with Crippen LogP contribution in [-0.4, -0.2) is 24.6 Å².